The Morgan fingerprint density at radius 2 is 1.93 bits per heavy atom. The SMILES string of the molecule is CC1(O)CC(NC(=O)CN2C[C@@]3(C[C@@H]3F)c3c(ccc(C(F)(F)F)c3F)C2=O)C1. The van der Waals surface area contributed by atoms with Crippen molar-refractivity contribution in [2.45, 2.75) is 55.6 Å². The third kappa shape index (κ3) is 3.27. The molecule has 2 fully saturated rings. The van der Waals surface area contributed by atoms with E-state index in [9.17, 15) is 36.6 Å². The zero-order chi connectivity index (χ0) is 21.4. The highest BCUT2D eigenvalue weighted by Gasteiger charge is 2.63. The van der Waals surface area contributed by atoms with Crippen LogP contribution in [0.5, 0.6) is 0 Å². The molecule has 10 heteroatoms. The first kappa shape index (κ1) is 20.1. The number of carbonyl (C=O) groups excluding carboxylic acids is 2. The average Bonchev–Trinajstić information content (AvgIpc) is 3.18. The molecular weight excluding hydrogens is 399 g/mol. The van der Waals surface area contributed by atoms with Crippen LogP contribution in [0.3, 0.4) is 0 Å². The van der Waals surface area contributed by atoms with E-state index in [2.05, 4.69) is 5.32 Å². The van der Waals surface area contributed by atoms with Crippen LogP contribution < -0.4 is 5.32 Å². The maximum Gasteiger partial charge on any atom is 0.419 e. The molecule has 0 unspecified atom stereocenters. The molecule has 2 atom stereocenters. The topological polar surface area (TPSA) is 69.6 Å². The number of benzene rings is 1. The lowest BCUT2D eigenvalue weighted by Crippen LogP contribution is -2.56. The minimum Gasteiger partial charge on any atom is -0.390 e. The highest BCUT2D eigenvalue weighted by molar-refractivity contribution is 6.00. The van der Waals surface area contributed by atoms with Gasteiger partial charge in [-0.1, -0.05) is 0 Å². The van der Waals surface area contributed by atoms with E-state index in [1.807, 2.05) is 0 Å². The fraction of sp³-hybridized carbons (Fsp3) is 0.579. The average molecular weight is 418 g/mol. The molecular formula is C19H19F5N2O3. The minimum atomic E-state index is -4.97. The highest BCUT2D eigenvalue weighted by atomic mass is 19.4. The van der Waals surface area contributed by atoms with Gasteiger partial charge in [0, 0.05) is 23.7 Å². The van der Waals surface area contributed by atoms with Crippen molar-refractivity contribution in [3.05, 3.63) is 34.6 Å². The van der Waals surface area contributed by atoms with Crippen molar-refractivity contribution in [1.29, 1.82) is 0 Å². The van der Waals surface area contributed by atoms with E-state index >= 15 is 0 Å². The number of nitrogens with one attached hydrogen (secondary N) is 1. The van der Waals surface area contributed by atoms with Gasteiger partial charge in [-0.25, -0.2) is 8.78 Å². The van der Waals surface area contributed by atoms with Gasteiger partial charge < -0.3 is 15.3 Å². The standard InChI is InChI=1S/C19H19F5N2O3/c1-17(29)4-9(5-17)25-13(27)7-26-8-18(6-12(18)20)14-10(16(26)28)2-3-11(15(14)21)19(22,23)24/h2-3,9,12,29H,4-8H2,1H3,(H,25,27)/t9?,12-,17?,18+/m0/s1. The number of carbonyl (C=O) groups is 2. The monoisotopic (exact) mass is 418 g/mol. The number of hydrogen-bond donors (Lipinski definition) is 2. The van der Waals surface area contributed by atoms with Crippen LogP contribution in [-0.2, 0) is 16.4 Å². The molecule has 1 aliphatic heterocycles. The molecule has 0 saturated heterocycles. The number of amides is 2. The molecule has 4 rings (SSSR count). The number of rotatable bonds is 3. The van der Waals surface area contributed by atoms with Crippen LogP contribution in [0.4, 0.5) is 22.0 Å². The maximum atomic E-state index is 14.7. The molecule has 3 aliphatic rings. The van der Waals surface area contributed by atoms with Crippen LogP contribution in [0.15, 0.2) is 12.1 Å². The number of aliphatic hydroxyl groups is 1. The fourth-order valence-corrected chi connectivity index (χ4v) is 4.48. The molecule has 0 bridgehead atoms. The van der Waals surface area contributed by atoms with Crippen molar-refractivity contribution in [3.8, 4) is 0 Å². The first-order valence-electron chi connectivity index (χ1n) is 9.19. The Morgan fingerprint density at radius 3 is 2.45 bits per heavy atom. The molecule has 1 aromatic rings. The summed E-state index contributed by atoms with van der Waals surface area (Å²) in [6.07, 6.45) is -6.06. The van der Waals surface area contributed by atoms with E-state index in [-0.39, 0.29) is 24.6 Å². The number of nitrogens with zero attached hydrogens (tertiary/aromatic N) is 1. The van der Waals surface area contributed by atoms with Gasteiger partial charge in [-0.05, 0) is 38.3 Å². The largest absolute Gasteiger partial charge is 0.419 e. The summed E-state index contributed by atoms with van der Waals surface area (Å²) in [6, 6.07) is 1.07. The molecule has 5 nitrogen and oxygen atoms in total. The lowest BCUT2D eigenvalue weighted by Gasteiger charge is -2.41. The lowest BCUT2D eigenvalue weighted by molar-refractivity contribution is -0.140. The quantitative estimate of drug-likeness (QED) is 0.741. The molecule has 0 aromatic heterocycles. The summed E-state index contributed by atoms with van der Waals surface area (Å²) in [5.41, 5.74) is -4.84. The number of fused-ring (bicyclic) bond motifs is 2. The third-order valence-electron chi connectivity index (χ3n) is 5.99. The molecule has 2 N–H and O–H groups in total. The van der Waals surface area contributed by atoms with E-state index in [1.54, 1.807) is 6.92 Å². The Kier molecular flexibility index (Phi) is 4.24. The zero-order valence-electron chi connectivity index (χ0n) is 15.4. The van der Waals surface area contributed by atoms with Crippen LogP contribution in [0.1, 0.15) is 47.7 Å². The normalized spacial score (nSPS) is 33.3. The van der Waals surface area contributed by atoms with E-state index in [0.29, 0.717) is 18.9 Å². The van der Waals surface area contributed by atoms with Gasteiger partial charge >= 0.3 is 6.18 Å². The molecule has 1 spiro atoms. The van der Waals surface area contributed by atoms with Gasteiger partial charge in [0.25, 0.3) is 5.91 Å². The van der Waals surface area contributed by atoms with Crippen LogP contribution in [0.25, 0.3) is 0 Å². The van der Waals surface area contributed by atoms with Gasteiger partial charge in [-0.3, -0.25) is 9.59 Å². The predicted octanol–water partition coefficient (Wildman–Crippen LogP) is 2.31. The molecule has 1 aromatic carbocycles. The van der Waals surface area contributed by atoms with Gasteiger partial charge in [-0.2, -0.15) is 13.2 Å². The van der Waals surface area contributed by atoms with Crippen molar-refractivity contribution in [2.75, 3.05) is 13.1 Å². The van der Waals surface area contributed by atoms with Gasteiger partial charge in [0.2, 0.25) is 5.91 Å². The Balaban J connectivity index is 1.58. The molecule has 2 saturated carbocycles. The number of hydrogen-bond acceptors (Lipinski definition) is 3. The Morgan fingerprint density at radius 1 is 1.31 bits per heavy atom. The summed E-state index contributed by atoms with van der Waals surface area (Å²) in [5.74, 6) is -2.96. The Labute approximate surface area is 162 Å². The minimum absolute atomic E-state index is 0.213. The molecule has 158 valence electrons. The smallest absolute Gasteiger partial charge is 0.390 e. The van der Waals surface area contributed by atoms with Crippen LogP contribution in [-0.4, -0.2) is 52.7 Å². The molecule has 2 aliphatic carbocycles. The molecule has 2 amide bonds. The summed E-state index contributed by atoms with van der Waals surface area (Å²) in [4.78, 5) is 26.0. The van der Waals surface area contributed by atoms with Gasteiger partial charge in [-0.15, -0.1) is 0 Å². The summed E-state index contributed by atoms with van der Waals surface area (Å²) in [7, 11) is 0. The van der Waals surface area contributed by atoms with Gasteiger partial charge in [0.15, 0.2) is 0 Å². The summed E-state index contributed by atoms with van der Waals surface area (Å²) < 4.78 is 68.0. The fourth-order valence-electron chi connectivity index (χ4n) is 4.48. The van der Waals surface area contributed by atoms with E-state index in [1.165, 1.54) is 0 Å². The number of alkyl halides is 4. The second-order valence-corrected chi connectivity index (χ2v) is 8.51. The first-order chi connectivity index (χ1) is 13.3. The van der Waals surface area contributed by atoms with Crippen LogP contribution >= 0.6 is 0 Å². The summed E-state index contributed by atoms with van der Waals surface area (Å²) in [6.45, 7) is 0.838. The molecule has 0 radical (unpaired) electrons. The zero-order valence-corrected chi connectivity index (χ0v) is 15.4. The Hall–Kier alpha value is -2.23. The van der Waals surface area contributed by atoms with Gasteiger partial charge in [0.1, 0.15) is 12.0 Å². The van der Waals surface area contributed by atoms with Gasteiger partial charge in [0.05, 0.1) is 23.1 Å². The molecule has 1 heterocycles. The van der Waals surface area contributed by atoms with Crippen LogP contribution in [0, 0.1) is 5.82 Å². The second-order valence-electron chi connectivity index (χ2n) is 8.51. The van der Waals surface area contributed by atoms with Crippen molar-refractivity contribution >= 4 is 11.8 Å². The van der Waals surface area contributed by atoms with E-state index in [0.717, 1.165) is 11.0 Å². The second kappa shape index (κ2) is 6.13. The van der Waals surface area contributed by atoms with Crippen molar-refractivity contribution in [1.82, 2.24) is 10.2 Å². The summed E-state index contributed by atoms with van der Waals surface area (Å²) in [5, 5.41) is 12.4. The predicted molar refractivity (Wildman–Crippen MR) is 90.3 cm³/mol. The third-order valence-corrected chi connectivity index (χ3v) is 5.99. The Bertz CT molecular complexity index is 893. The lowest BCUT2D eigenvalue weighted by atomic mass is 9.77. The van der Waals surface area contributed by atoms with Crippen molar-refractivity contribution in [2.24, 2.45) is 0 Å². The van der Waals surface area contributed by atoms with Crippen molar-refractivity contribution < 1.29 is 36.6 Å². The maximum absolute atomic E-state index is 14.7. The summed E-state index contributed by atoms with van der Waals surface area (Å²) >= 11 is 0. The first-order valence-corrected chi connectivity index (χ1v) is 9.19. The van der Waals surface area contributed by atoms with E-state index in [4.69, 9.17) is 0 Å². The molecule has 29 heavy (non-hydrogen) atoms. The van der Waals surface area contributed by atoms with E-state index < -0.39 is 58.7 Å². The van der Waals surface area contributed by atoms with Crippen LogP contribution in [0.2, 0.25) is 0 Å². The highest BCUT2D eigenvalue weighted by Crippen LogP contribution is 2.56. The number of halogens is 5. The van der Waals surface area contributed by atoms with Crippen molar-refractivity contribution in [3.63, 3.8) is 0 Å².